The Labute approximate surface area is 159 Å². The molecule has 134 valence electrons. The van der Waals surface area contributed by atoms with Crippen LogP contribution >= 0.6 is 12.2 Å². The highest BCUT2D eigenvalue weighted by atomic mass is 32.1. The maximum absolute atomic E-state index is 5.43. The van der Waals surface area contributed by atoms with Crippen LogP contribution in [0.25, 0.3) is 10.9 Å². The maximum Gasteiger partial charge on any atom is 0.170 e. The van der Waals surface area contributed by atoms with E-state index in [0.29, 0.717) is 5.11 Å². The fourth-order valence-corrected chi connectivity index (χ4v) is 3.05. The topological polar surface area (TPSA) is 46.2 Å². The van der Waals surface area contributed by atoms with Crippen LogP contribution in [0.4, 0.5) is 5.69 Å². The van der Waals surface area contributed by atoms with Crippen molar-refractivity contribution in [1.82, 2.24) is 10.3 Å². The van der Waals surface area contributed by atoms with Crippen LogP contribution in [0.5, 0.6) is 5.75 Å². The summed E-state index contributed by atoms with van der Waals surface area (Å²) in [5.74, 6) is 0.753. The highest BCUT2D eigenvalue weighted by molar-refractivity contribution is 7.80. The van der Waals surface area contributed by atoms with Crippen molar-refractivity contribution in [3.63, 3.8) is 0 Å². The fourth-order valence-electron chi connectivity index (χ4n) is 2.84. The number of methoxy groups -OCH3 is 1. The van der Waals surface area contributed by atoms with Crippen molar-refractivity contribution in [1.29, 1.82) is 0 Å². The average Bonchev–Trinajstić information content (AvgIpc) is 2.67. The number of hydrogen-bond donors (Lipinski definition) is 2. The molecule has 0 saturated heterocycles. The van der Waals surface area contributed by atoms with Crippen molar-refractivity contribution < 1.29 is 4.74 Å². The Kier molecular flexibility index (Phi) is 6.02. The van der Waals surface area contributed by atoms with Crippen LogP contribution < -0.4 is 15.4 Å². The van der Waals surface area contributed by atoms with Gasteiger partial charge < -0.3 is 15.4 Å². The van der Waals surface area contributed by atoms with Crippen molar-refractivity contribution in [2.45, 2.75) is 19.8 Å². The largest absolute Gasteiger partial charge is 0.494 e. The molecule has 1 heterocycles. The van der Waals surface area contributed by atoms with Gasteiger partial charge in [-0.25, -0.2) is 0 Å². The number of benzene rings is 2. The van der Waals surface area contributed by atoms with Gasteiger partial charge in [0.1, 0.15) is 11.3 Å². The molecule has 26 heavy (non-hydrogen) atoms. The van der Waals surface area contributed by atoms with Crippen LogP contribution in [0.15, 0.2) is 54.7 Å². The second kappa shape index (κ2) is 8.63. The van der Waals surface area contributed by atoms with Crippen molar-refractivity contribution in [3.05, 3.63) is 65.9 Å². The minimum absolute atomic E-state index is 0.615. The van der Waals surface area contributed by atoms with E-state index in [4.69, 9.17) is 17.0 Å². The lowest BCUT2D eigenvalue weighted by atomic mass is 10.1. The molecule has 2 aromatic carbocycles. The first-order valence-electron chi connectivity index (χ1n) is 8.69. The Morgan fingerprint density at radius 1 is 1.12 bits per heavy atom. The lowest BCUT2D eigenvalue weighted by Gasteiger charge is -2.13. The van der Waals surface area contributed by atoms with Crippen molar-refractivity contribution in [2.24, 2.45) is 0 Å². The predicted octanol–water partition coefficient (Wildman–Crippen LogP) is 4.47. The highest BCUT2D eigenvalue weighted by Gasteiger charge is 2.08. The lowest BCUT2D eigenvalue weighted by molar-refractivity contribution is 0.419. The van der Waals surface area contributed by atoms with E-state index >= 15 is 0 Å². The summed E-state index contributed by atoms with van der Waals surface area (Å²) in [6.45, 7) is 2.93. The number of nitrogens with one attached hydrogen (secondary N) is 2. The van der Waals surface area contributed by atoms with E-state index in [9.17, 15) is 0 Å². The van der Waals surface area contributed by atoms with E-state index in [1.54, 1.807) is 13.3 Å². The molecular weight excluding hydrogens is 342 g/mol. The summed E-state index contributed by atoms with van der Waals surface area (Å²) in [6, 6.07) is 16.4. The summed E-state index contributed by atoms with van der Waals surface area (Å²) in [5, 5.41) is 8.14. The van der Waals surface area contributed by atoms with Gasteiger partial charge in [0, 0.05) is 23.8 Å². The van der Waals surface area contributed by atoms with E-state index in [1.165, 1.54) is 11.1 Å². The van der Waals surface area contributed by atoms with Crippen molar-refractivity contribution in [3.8, 4) is 5.75 Å². The van der Waals surface area contributed by atoms with E-state index in [2.05, 4.69) is 46.8 Å². The first-order chi connectivity index (χ1) is 12.7. The summed E-state index contributed by atoms with van der Waals surface area (Å²) in [7, 11) is 1.65. The van der Waals surface area contributed by atoms with Gasteiger partial charge in [0.15, 0.2) is 5.11 Å². The summed E-state index contributed by atoms with van der Waals surface area (Å²) in [5.41, 5.74) is 4.38. The third-order valence-electron chi connectivity index (χ3n) is 4.25. The second-order valence-electron chi connectivity index (χ2n) is 6.19. The summed E-state index contributed by atoms with van der Waals surface area (Å²) in [6.07, 6.45) is 3.82. The zero-order valence-corrected chi connectivity index (χ0v) is 15.9. The Morgan fingerprint density at radius 3 is 2.69 bits per heavy atom. The third-order valence-corrected chi connectivity index (χ3v) is 4.50. The number of rotatable bonds is 6. The molecule has 0 aliphatic rings. The Morgan fingerprint density at radius 2 is 1.92 bits per heavy atom. The molecule has 5 heteroatoms. The molecule has 1 aromatic heterocycles. The van der Waals surface area contributed by atoms with Gasteiger partial charge in [-0.3, -0.25) is 4.98 Å². The SMILES string of the molecule is COc1ccc(NC(=S)NCCCc2ccc(C)cc2)c2cccnc12. The Balaban J connectivity index is 1.55. The summed E-state index contributed by atoms with van der Waals surface area (Å²) < 4.78 is 5.38. The Hall–Kier alpha value is -2.66. The zero-order chi connectivity index (χ0) is 18.4. The number of ether oxygens (including phenoxy) is 1. The monoisotopic (exact) mass is 365 g/mol. The molecular formula is C21H23N3OS. The molecule has 0 aliphatic heterocycles. The van der Waals surface area contributed by atoms with Crippen LogP contribution in [0.3, 0.4) is 0 Å². The average molecular weight is 366 g/mol. The number of aryl methyl sites for hydroxylation is 2. The van der Waals surface area contributed by atoms with Crippen molar-refractivity contribution >= 4 is 33.9 Å². The van der Waals surface area contributed by atoms with Gasteiger partial charge in [-0.05, 0) is 61.8 Å². The standard InChI is InChI=1S/C21H23N3OS/c1-15-7-9-16(10-8-15)5-3-14-23-21(26)24-18-11-12-19(25-2)20-17(18)6-4-13-22-20/h4,6-13H,3,5,14H2,1-2H3,(H2,23,24,26). The van der Waals surface area contributed by atoms with E-state index in [1.807, 2.05) is 24.3 Å². The molecule has 2 N–H and O–H groups in total. The van der Waals surface area contributed by atoms with Gasteiger partial charge in [-0.1, -0.05) is 29.8 Å². The molecule has 4 nitrogen and oxygen atoms in total. The van der Waals surface area contributed by atoms with Gasteiger partial charge in [-0.15, -0.1) is 0 Å². The molecule has 0 saturated carbocycles. The number of pyridine rings is 1. The van der Waals surface area contributed by atoms with Crippen LogP contribution in [0, 0.1) is 6.92 Å². The number of thiocarbonyl (C=S) groups is 1. The van der Waals surface area contributed by atoms with Gasteiger partial charge >= 0.3 is 0 Å². The molecule has 0 aliphatic carbocycles. The van der Waals surface area contributed by atoms with Gasteiger partial charge in [0.05, 0.1) is 7.11 Å². The quantitative estimate of drug-likeness (QED) is 0.498. The molecule has 0 spiro atoms. The predicted molar refractivity (Wildman–Crippen MR) is 112 cm³/mol. The normalized spacial score (nSPS) is 10.5. The summed E-state index contributed by atoms with van der Waals surface area (Å²) in [4.78, 5) is 4.41. The third kappa shape index (κ3) is 4.49. The van der Waals surface area contributed by atoms with E-state index in [-0.39, 0.29) is 0 Å². The number of nitrogens with zero attached hydrogens (tertiary/aromatic N) is 1. The molecule has 3 rings (SSSR count). The minimum Gasteiger partial charge on any atom is -0.494 e. The lowest BCUT2D eigenvalue weighted by Crippen LogP contribution is -2.29. The first-order valence-corrected chi connectivity index (χ1v) is 9.10. The first kappa shape index (κ1) is 18.1. The fraction of sp³-hybridized carbons (Fsp3) is 0.238. The number of hydrogen-bond acceptors (Lipinski definition) is 3. The molecule has 0 unspecified atom stereocenters. The molecule has 0 amide bonds. The molecule has 0 radical (unpaired) electrons. The highest BCUT2D eigenvalue weighted by Crippen LogP contribution is 2.29. The molecule has 0 atom stereocenters. The smallest absolute Gasteiger partial charge is 0.170 e. The van der Waals surface area contributed by atoms with Crippen LogP contribution in [-0.4, -0.2) is 23.8 Å². The van der Waals surface area contributed by atoms with E-state index in [0.717, 1.165) is 41.7 Å². The van der Waals surface area contributed by atoms with Crippen molar-refractivity contribution in [2.75, 3.05) is 19.0 Å². The summed E-state index contributed by atoms with van der Waals surface area (Å²) >= 11 is 5.43. The maximum atomic E-state index is 5.43. The van der Waals surface area contributed by atoms with Crippen LogP contribution in [0.1, 0.15) is 17.5 Å². The van der Waals surface area contributed by atoms with Crippen LogP contribution in [0.2, 0.25) is 0 Å². The van der Waals surface area contributed by atoms with Crippen LogP contribution in [-0.2, 0) is 6.42 Å². The Bertz CT molecular complexity index is 893. The molecule has 0 fully saturated rings. The number of fused-ring (bicyclic) bond motifs is 1. The second-order valence-corrected chi connectivity index (χ2v) is 6.59. The van der Waals surface area contributed by atoms with Gasteiger partial charge in [0.25, 0.3) is 0 Å². The number of aromatic nitrogens is 1. The molecule has 3 aromatic rings. The van der Waals surface area contributed by atoms with E-state index < -0.39 is 0 Å². The van der Waals surface area contributed by atoms with Gasteiger partial charge in [-0.2, -0.15) is 0 Å². The minimum atomic E-state index is 0.615. The zero-order valence-electron chi connectivity index (χ0n) is 15.1. The van der Waals surface area contributed by atoms with Gasteiger partial charge in [0.2, 0.25) is 0 Å². The number of anilines is 1. The molecule has 0 bridgehead atoms.